The van der Waals surface area contributed by atoms with Crippen LogP contribution in [0.2, 0.25) is 0 Å². The third-order valence-corrected chi connectivity index (χ3v) is 2.45. The van der Waals surface area contributed by atoms with Crippen LogP contribution in [0.1, 0.15) is 25.0 Å². The van der Waals surface area contributed by atoms with Crippen LogP contribution in [0.15, 0.2) is 24.3 Å². The summed E-state index contributed by atoms with van der Waals surface area (Å²) in [7, 11) is 0. The molecule has 0 fully saturated rings. The Labute approximate surface area is 90.1 Å². The number of hydrogen-bond donors (Lipinski definition) is 2. The van der Waals surface area contributed by atoms with Gasteiger partial charge in [-0.2, -0.15) is 5.26 Å². The van der Waals surface area contributed by atoms with E-state index < -0.39 is 5.60 Å². The van der Waals surface area contributed by atoms with Crippen molar-refractivity contribution in [2.45, 2.75) is 31.9 Å². The van der Waals surface area contributed by atoms with Crippen molar-refractivity contribution in [1.29, 1.82) is 5.26 Å². The van der Waals surface area contributed by atoms with Gasteiger partial charge in [0.1, 0.15) is 0 Å². The molecule has 0 bridgehead atoms. The average Bonchev–Trinajstić information content (AvgIpc) is 2.17. The molecule has 3 nitrogen and oxygen atoms in total. The average molecular weight is 204 g/mol. The van der Waals surface area contributed by atoms with Gasteiger partial charge in [-0.25, -0.2) is 0 Å². The van der Waals surface area contributed by atoms with E-state index in [0.717, 1.165) is 5.56 Å². The highest BCUT2D eigenvalue weighted by Gasteiger charge is 2.22. The minimum atomic E-state index is -0.881. The molecule has 0 amide bonds. The fraction of sp³-hybridized carbons (Fsp3) is 0.417. The zero-order valence-electron chi connectivity index (χ0n) is 9.07. The summed E-state index contributed by atoms with van der Waals surface area (Å²) in [5.41, 5.74) is 6.62. The van der Waals surface area contributed by atoms with Gasteiger partial charge < -0.3 is 10.8 Å². The first-order valence-electron chi connectivity index (χ1n) is 4.90. The summed E-state index contributed by atoms with van der Waals surface area (Å²) in [6.07, 6.45) is 0.606. The molecule has 3 N–H and O–H groups in total. The van der Waals surface area contributed by atoms with Crippen LogP contribution in [0.4, 0.5) is 0 Å². The van der Waals surface area contributed by atoms with Crippen LogP contribution in [-0.2, 0) is 6.42 Å². The zero-order valence-corrected chi connectivity index (χ0v) is 9.07. The summed E-state index contributed by atoms with van der Waals surface area (Å²) < 4.78 is 0. The predicted molar refractivity (Wildman–Crippen MR) is 59.1 cm³/mol. The van der Waals surface area contributed by atoms with Gasteiger partial charge in [0, 0.05) is 6.04 Å². The summed E-state index contributed by atoms with van der Waals surface area (Å²) in [5.74, 6) is 0. The first-order chi connectivity index (χ1) is 6.93. The van der Waals surface area contributed by atoms with Crippen LogP contribution >= 0.6 is 0 Å². The number of hydrogen-bond acceptors (Lipinski definition) is 3. The third kappa shape index (κ3) is 3.35. The number of aliphatic hydroxyl groups is 1. The Balaban J connectivity index is 2.70. The van der Waals surface area contributed by atoms with Gasteiger partial charge in [-0.05, 0) is 38.0 Å². The largest absolute Gasteiger partial charge is 0.389 e. The Morgan fingerprint density at radius 2 is 1.93 bits per heavy atom. The van der Waals surface area contributed by atoms with E-state index in [9.17, 15) is 5.11 Å². The summed E-state index contributed by atoms with van der Waals surface area (Å²) in [5, 5.41) is 18.3. The molecule has 0 saturated heterocycles. The Morgan fingerprint density at radius 3 is 2.33 bits per heavy atom. The molecule has 1 unspecified atom stereocenters. The van der Waals surface area contributed by atoms with Gasteiger partial charge in [0.05, 0.1) is 17.2 Å². The van der Waals surface area contributed by atoms with Crippen molar-refractivity contribution in [3.05, 3.63) is 35.4 Å². The van der Waals surface area contributed by atoms with Crippen LogP contribution in [0.3, 0.4) is 0 Å². The van der Waals surface area contributed by atoms with E-state index in [1.165, 1.54) is 0 Å². The normalized spacial score (nSPS) is 13.3. The summed E-state index contributed by atoms with van der Waals surface area (Å²) in [6.45, 7) is 3.39. The van der Waals surface area contributed by atoms with Crippen molar-refractivity contribution in [2.75, 3.05) is 0 Å². The zero-order chi connectivity index (χ0) is 11.5. The highest BCUT2D eigenvalue weighted by Crippen LogP contribution is 2.12. The summed E-state index contributed by atoms with van der Waals surface area (Å²) in [4.78, 5) is 0. The SMILES string of the molecule is CC(C)(O)C(N)Cc1ccc(C#N)cc1. The van der Waals surface area contributed by atoms with Gasteiger partial charge >= 0.3 is 0 Å². The van der Waals surface area contributed by atoms with E-state index in [2.05, 4.69) is 6.07 Å². The number of nitriles is 1. The van der Waals surface area contributed by atoms with Gasteiger partial charge in [0.25, 0.3) is 0 Å². The van der Waals surface area contributed by atoms with Gasteiger partial charge in [-0.1, -0.05) is 12.1 Å². The highest BCUT2D eigenvalue weighted by atomic mass is 16.3. The fourth-order valence-electron chi connectivity index (χ4n) is 1.22. The molecule has 80 valence electrons. The molecule has 1 aromatic rings. The number of benzene rings is 1. The van der Waals surface area contributed by atoms with Gasteiger partial charge in [-0.3, -0.25) is 0 Å². The quantitative estimate of drug-likeness (QED) is 0.777. The summed E-state index contributed by atoms with van der Waals surface area (Å²) >= 11 is 0. The van der Waals surface area contributed by atoms with Crippen molar-refractivity contribution in [1.82, 2.24) is 0 Å². The number of nitrogens with zero attached hydrogens (tertiary/aromatic N) is 1. The van der Waals surface area contributed by atoms with E-state index in [-0.39, 0.29) is 6.04 Å². The molecule has 0 radical (unpaired) electrons. The van der Waals surface area contributed by atoms with Crippen molar-refractivity contribution in [3.63, 3.8) is 0 Å². The Bertz CT molecular complexity index is 357. The first-order valence-corrected chi connectivity index (χ1v) is 4.90. The van der Waals surface area contributed by atoms with Crippen LogP contribution in [0.5, 0.6) is 0 Å². The lowest BCUT2D eigenvalue weighted by Crippen LogP contribution is -2.44. The van der Waals surface area contributed by atoms with Crippen molar-refractivity contribution in [3.8, 4) is 6.07 Å². The molecule has 1 atom stereocenters. The maximum Gasteiger partial charge on any atom is 0.0991 e. The molecule has 1 rings (SSSR count). The molecular formula is C12H16N2O. The molecule has 0 heterocycles. The molecule has 0 aliphatic heterocycles. The van der Waals surface area contributed by atoms with Crippen molar-refractivity contribution in [2.24, 2.45) is 5.73 Å². The van der Waals surface area contributed by atoms with E-state index in [1.54, 1.807) is 26.0 Å². The lowest BCUT2D eigenvalue weighted by molar-refractivity contribution is 0.0521. The molecular weight excluding hydrogens is 188 g/mol. The molecule has 3 heteroatoms. The van der Waals surface area contributed by atoms with E-state index in [4.69, 9.17) is 11.0 Å². The predicted octanol–water partition coefficient (Wildman–Crippen LogP) is 1.20. The smallest absolute Gasteiger partial charge is 0.0991 e. The topological polar surface area (TPSA) is 70.0 Å². The molecule has 0 aromatic heterocycles. The standard InChI is InChI=1S/C12H16N2O/c1-12(2,15)11(14)7-9-3-5-10(8-13)6-4-9/h3-6,11,15H,7,14H2,1-2H3. The second-order valence-corrected chi connectivity index (χ2v) is 4.27. The fourth-order valence-corrected chi connectivity index (χ4v) is 1.22. The Hall–Kier alpha value is -1.37. The van der Waals surface area contributed by atoms with E-state index in [1.807, 2.05) is 12.1 Å². The van der Waals surface area contributed by atoms with Crippen LogP contribution in [0, 0.1) is 11.3 Å². The lowest BCUT2D eigenvalue weighted by Gasteiger charge is -2.25. The van der Waals surface area contributed by atoms with Gasteiger partial charge in [-0.15, -0.1) is 0 Å². The molecule has 0 aliphatic rings. The number of rotatable bonds is 3. The van der Waals surface area contributed by atoms with Gasteiger partial charge in [0.2, 0.25) is 0 Å². The monoisotopic (exact) mass is 204 g/mol. The maximum atomic E-state index is 9.67. The molecule has 0 aliphatic carbocycles. The molecule has 1 aromatic carbocycles. The van der Waals surface area contributed by atoms with Gasteiger partial charge in [0.15, 0.2) is 0 Å². The molecule has 15 heavy (non-hydrogen) atoms. The first kappa shape index (κ1) is 11.7. The Morgan fingerprint density at radius 1 is 1.40 bits per heavy atom. The third-order valence-electron chi connectivity index (χ3n) is 2.45. The van der Waals surface area contributed by atoms with Crippen LogP contribution < -0.4 is 5.73 Å². The van der Waals surface area contributed by atoms with E-state index in [0.29, 0.717) is 12.0 Å². The maximum absolute atomic E-state index is 9.67. The second kappa shape index (κ2) is 4.43. The molecule has 0 spiro atoms. The van der Waals surface area contributed by atoms with Crippen molar-refractivity contribution < 1.29 is 5.11 Å². The highest BCUT2D eigenvalue weighted by molar-refractivity contribution is 5.32. The van der Waals surface area contributed by atoms with Crippen LogP contribution in [0.25, 0.3) is 0 Å². The molecule has 0 saturated carbocycles. The number of nitrogens with two attached hydrogens (primary N) is 1. The van der Waals surface area contributed by atoms with E-state index >= 15 is 0 Å². The Kier molecular flexibility index (Phi) is 3.46. The van der Waals surface area contributed by atoms with Crippen LogP contribution in [-0.4, -0.2) is 16.7 Å². The lowest BCUT2D eigenvalue weighted by atomic mass is 9.93. The minimum absolute atomic E-state index is 0.301. The minimum Gasteiger partial charge on any atom is -0.389 e. The second-order valence-electron chi connectivity index (χ2n) is 4.27. The summed E-state index contributed by atoms with van der Waals surface area (Å²) in [6, 6.07) is 9.00. The van der Waals surface area contributed by atoms with Crippen molar-refractivity contribution >= 4 is 0 Å².